The van der Waals surface area contributed by atoms with Crippen molar-refractivity contribution < 1.29 is 4.74 Å². The predicted octanol–water partition coefficient (Wildman–Crippen LogP) is 2.25. The zero-order valence-corrected chi connectivity index (χ0v) is 11.0. The molecular weight excluding hydrogens is 268 g/mol. The lowest BCUT2D eigenvalue weighted by Gasteiger charge is -2.23. The number of likely N-dealkylation sites (N-methyl/N-ethyl adjacent to an activating group) is 1. The molecule has 0 saturated carbocycles. The molecule has 0 spiro atoms. The number of hydrogen-bond donors (Lipinski definition) is 1. The Morgan fingerprint density at radius 3 is 3.06 bits per heavy atom. The summed E-state index contributed by atoms with van der Waals surface area (Å²) in [5.74, 6) is 0. The number of anilines is 1. The minimum absolute atomic E-state index is 0.535. The van der Waals surface area contributed by atoms with E-state index in [1.54, 1.807) is 0 Å². The molecule has 1 atom stereocenters. The molecular formula is C12H17BrN2O. The van der Waals surface area contributed by atoms with E-state index in [9.17, 15) is 0 Å². The van der Waals surface area contributed by atoms with Crippen LogP contribution in [0.4, 0.5) is 5.69 Å². The van der Waals surface area contributed by atoms with Crippen molar-refractivity contribution in [2.45, 2.75) is 19.0 Å². The molecule has 1 aliphatic heterocycles. The Labute approximate surface area is 105 Å². The third kappa shape index (κ3) is 2.75. The standard InChI is InChI=1S/C12H17BrN2O/c1-15(11-4-5-16-8-11)7-9-6-10(14)2-3-12(9)13/h2-3,6,11H,4-5,7-8,14H2,1H3. The van der Waals surface area contributed by atoms with E-state index in [4.69, 9.17) is 10.5 Å². The predicted molar refractivity (Wildman–Crippen MR) is 69.2 cm³/mol. The summed E-state index contributed by atoms with van der Waals surface area (Å²) < 4.78 is 6.51. The molecule has 2 N–H and O–H groups in total. The summed E-state index contributed by atoms with van der Waals surface area (Å²) >= 11 is 3.55. The van der Waals surface area contributed by atoms with E-state index in [0.717, 1.165) is 36.3 Å². The van der Waals surface area contributed by atoms with Crippen LogP contribution in [0.2, 0.25) is 0 Å². The number of hydrogen-bond acceptors (Lipinski definition) is 3. The van der Waals surface area contributed by atoms with Crippen molar-refractivity contribution in [1.29, 1.82) is 0 Å². The lowest BCUT2D eigenvalue weighted by Crippen LogP contribution is -2.31. The molecule has 4 heteroatoms. The third-order valence-electron chi connectivity index (χ3n) is 3.02. The number of benzene rings is 1. The van der Waals surface area contributed by atoms with Crippen LogP contribution in [0.1, 0.15) is 12.0 Å². The molecule has 1 aliphatic rings. The average Bonchev–Trinajstić information content (AvgIpc) is 2.76. The fourth-order valence-corrected chi connectivity index (χ4v) is 2.36. The minimum atomic E-state index is 0.535. The van der Waals surface area contributed by atoms with Crippen molar-refractivity contribution >= 4 is 21.6 Å². The van der Waals surface area contributed by atoms with Gasteiger partial charge in [-0.2, -0.15) is 0 Å². The highest BCUT2D eigenvalue weighted by atomic mass is 79.9. The highest BCUT2D eigenvalue weighted by Gasteiger charge is 2.20. The van der Waals surface area contributed by atoms with Gasteiger partial charge in [-0.15, -0.1) is 0 Å². The van der Waals surface area contributed by atoms with Crippen molar-refractivity contribution in [2.24, 2.45) is 0 Å². The molecule has 1 aromatic rings. The van der Waals surface area contributed by atoms with Crippen molar-refractivity contribution in [3.05, 3.63) is 28.2 Å². The molecule has 0 amide bonds. The van der Waals surface area contributed by atoms with E-state index in [2.05, 4.69) is 27.9 Å². The normalized spacial score (nSPS) is 20.6. The van der Waals surface area contributed by atoms with Gasteiger partial charge >= 0.3 is 0 Å². The fourth-order valence-electron chi connectivity index (χ4n) is 1.98. The average molecular weight is 285 g/mol. The lowest BCUT2D eigenvalue weighted by atomic mass is 10.1. The van der Waals surface area contributed by atoms with Gasteiger partial charge in [0.15, 0.2) is 0 Å². The minimum Gasteiger partial charge on any atom is -0.399 e. The Morgan fingerprint density at radius 2 is 2.38 bits per heavy atom. The number of halogens is 1. The largest absolute Gasteiger partial charge is 0.399 e. The van der Waals surface area contributed by atoms with E-state index in [-0.39, 0.29) is 0 Å². The van der Waals surface area contributed by atoms with Gasteiger partial charge in [-0.25, -0.2) is 0 Å². The number of nitrogen functional groups attached to an aromatic ring is 1. The molecule has 1 fully saturated rings. The van der Waals surface area contributed by atoms with Gasteiger partial charge in [0.1, 0.15) is 0 Å². The van der Waals surface area contributed by atoms with Gasteiger partial charge in [0.2, 0.25) is 0 Å². The Morgan fingerprint density at radius 1 is 1.56 bits per heavy atom. The van der Waals surface area contributed by atoms with Crippen LogP contribution in [0.25, 0.3) is 0 Å². The third-order valence-corrected chi connectivity index (χ3v) is 3.79. The maximum Gasteiger partial charge on any atom is 0.0622 e. The Kier molecular flexibility index (Phi) is 3.84. The maximum absolute atomic E-state index is 5.79. The molecule has 1 heterocycles. The topological polar surface area (TPSA) is 38.5 Å². The molecule has 0 radical (unpaired) electrons. The summed E-state index contributed by atoms with van der Waals surface area (Å²) in [4.78, 5) is 2.33. The molecule has 1 unspecified atom stereocenters. The van der Waals surface area contributed by atoms with Gasteiger partial charge in [-0.05, 0) is 37.2 Å². The number of ether oxygens (including phenoxy) is 1. The quantitative estimate of drug-likeness (QED) is 0.866. The SMILES string of the molecule is CN(Cc1cc(N)ccc1Br)C1CCOC1. The van der Waals surface area contributed by atoms with Crippen LogP contribution in [0.3, 0.4) is 0 Å². The van der Waals surface area contributed by atoms with Crippen LogP contribution < -0.4 is 5.73 Å². The van der Waals surface area contributed by atoms with Crippen molar-refractivity contribution in [3.8, 4) is 0 Å². The molecule has 0 aromatic heterocycles. The maximum atomic E-state index is 5.79. The number of nitrogens with two attached hydrogens (primary N) is 1. The fraction of sp³-hybridized carbons (Fsp3) is 0.500. The van der Waals surface area contributed by atoms with E-state index in [1.807, 2.05) is 18.2 Å². The zero-order chi connectivity index (χ0) is 11.5. The zero-order valence-electron chi connectivity index (χ0n) is 9.45. The molecule has 0 aliphatic carbocycles. The van der Waals surface area contributed by atoms with Gasteiger partial charge < -0.3 is 10.5 Å². The molecule has 0 bridgehead atoms. The van der Waals surface area contributed by atoms with E-state index >= 15 is 0 Å². The summed E-state index contributed by atoms with van der Waals surface area (Å²) in [7, 11) is 2.13. The second-order valence-electron chi connectivity index (χ2n) is 4.28. The molecule has 2 rings (SSSR count). The summed E-state index contributed by atoms with van der Waals surface area (Å²) in [5, 5.41) is 0. The number of rotatable bonds is 3. The monoisotopic (exact) mass is 284 g/mol. The Bertz CT molecular complexity index is 364. The summed E-state index contributed by atoms with van der Waals surface area (Å²) in [6.45, 7) is 2.63. The van der Waals surface area contributed by atoms with E-state index in [1.165, 1.54) is 5.56 Å². The molecule has 3 nitrogen and oxygen atoms in total. The second kappa shape index (κ2) is 5.17. The summed E-state index contributed by atoms with van der Waals surface area (Å²) in [6.07, 6.45) is 1.12. The lowest BCUT2D eigenvalue weighted by molar-refractivity contribution is 0.156. The summed E-state index contributed by atoms with van der Waals surface area (Å²) in [6, 6.07) is 6.47. The van der Waals surface area contributed by atoms with Crippen molar-refractivity contribution in [1.82, 2.24) is 4.90 Å². The van der Waals surface area contributed by atoms with Gasteiger partial charge in [0.25, 0.3) is 0 Å². The van der Waals surface area contributed by atoms with Crippen LogP contribution in [0.15, 0.2) is 22.7 Å². The van der Waals surface area contributed by atoms with E-state index in [0.29, 0.717) is 6.04 Å². The summed E-state index contributed by atoms with van der Waals surface area (Å²) in [5.41, 5.74) is 7.84. The van der Waals surface area contributed by atoms with Gasteiger partial charge in [-0.3, -0.25) is 4.90 Å². The molecule has 1 saturated heterocycles. The van der Waals surface area contributed by atoms with Crippen molar-refractivity contribution in [3.63, 3.8) is 0 Å². The van der Waals surface area contributed by atoms with Crippen LogP contribution in [-0.4, -0.2) is 31.2 Å². The Hall–Kier alpha value is -0.580. The van der Waals surface area contributed by atoms with Gasteiger partial charge in [-0.1, -0.05) is 15.9 Å². The smallest absolute Gasteiger partial charge is 0.0622 e. The first-order valence-electron chi connectivity index (χ1n) is 5.48. The van der Waals surface area contributed by atoms with Crippen molar-refractivity contribution in [2.75, 3.05) is 26.0 Å². The van der Waals surface area contributed by atoms with Crippen LogP contribution in [0, 0.1) is 0 Å². The van der Waals surface area contributed by atoms with E-state index < -0.39 is 0 Å². The molecule has 1 aromatic carbocycles. The highest BCUT2D eigenvalue weighted by molar-refractivity contribution is 9.10. The van der Waals surface area contributed by atoms with Crippen LogP contribution in [0.5, 0.6) is 0 Å². The first-order valence-corrected chi connectivity index (χ1v) is 6.28. The molecule has 16 heavy (non-hydrogen) atoms. The first-order chi connectivity index (χ1) is 7.66. The second-order valence-corrected chi connectivity index (χ2v) is 5.14. The van der Waals surface area contributed by atoms with Crippen LogP contribution in [-0.2, 0) is 11.3 Å². The van der Waals surface area contributed by atoms with Gasteiger partial charge in [0, 0.05) is 29.4 Å². The molecule has 88 valence electrons. The Balaban J connectivity index is 2.04. The first kappa shape index (κ1) is 11.9. The highest BCUT2D eigenvalue weighted by Crippen LogP contribution is 2.22. The van der Waals surface area contributed by atoms with Gasteiger partial charge in [0.05, 0.1) is 6.61 Å². The number of nitrogens with zero attached hydrogens (tertiary/aromatic N) is 1. The van der Waals surface area contributed by atoms with Crippen LogP contribution >= 0.6 is 15.9 Å².